The second-order valence-corrected chi connectivity index (χ2v) is 6.00. The minimum Gasteiger partial charge on any atom is -0.384 e. The smallest absolute Gasteiger partial charge is 0.254 e. The Morgan fingerprint density at radius 1 is 1.52 bits per heavy atom. The molecule has 1 saturated heterocycles. The molecule has 2 rings (SSSR count). The van der Waals surface area contributed by atoms with Gasteiger partial charge in [0.1, 0.15) is 5.82 Å². The van der Waals surface area contributed by atoms with E-state index in [0.717, 1.165) is 44.5 Å². The SMILES string of the molecule is CCCc1cc(C(=O)N(C)C2CCCN(C)C2)cc(N)n1. The van der Waals surface area contributed by atoms with Gasteiger partial charge in [-0.05, 0) is 45.0 Å². The Labute approximate surface area is 127 Å². The van der Waals surface area contributed by atoms with Gasteiger partial charge in [0, 0.05) is 30.9 Å². The maximum Gasteiger partial charge on any atom is 0.254 e. The molecule has 1 unspecified atom stereocenters. The first kappa shape index (κ1) is 15.8. The van der Waals surface area contributed by atoms with Crippen molar-refractivity contribution in [3.63, 3.8) is 0 Å². The number of likely N-dealkylation sites (tertiary alicyclic amines) is 1. The van der Waals surface area contributed by atoms with Gasteiger partial charge in [-0.15, -0.1) is 0 Å². The number of pyridine rings is 1. The molecular formula is C16H26N4O. The number of hydrogen-bond acceptors (Lipinski definition) is 4. The molecule has 1 amide bonds. The van der Waals surface area contributed by atoms with Crippen molar-refractivity contribution < 1.29 is 4.79 Å². The molecule has 1 aromatic heterocycles. The van der Waals surface area contributed by atoms with Crippen LogP contribution < -0.4 is 5.73 Å². The van der Waals surface area contributed by atoms with Crippen LogP contribution in [0.4, 0.5) is 5.82 Å². The number of aryl methyl sites for hydroxylation is 1. The highest BCUT2D eigenvalue weighted by atomic mass is 16.2. The van der Waals surface area contributed by atoms with Gasteiger partial charge >= 0.3 is 0 Å². The van der Waals surface area contributed by atoms with E-state index in [2.05, 4.69) is 23.9 Å². The second-order valence-electron chi connectivity index (χ2n) is 6.00. The predicted octanol–water partition coefficient (Wildman–Crippen LogP) is 1.78. The molecule has 1 aromatic rings. The lowest BCUT2D eigenvalue weighted by Crippen LogP contribution is -2.47. The average molecular weight is 290 g/mol. The second kappa shape index (κ2) is 6.89. The van der Waals surface area contributed by atoms with Gasteiger partial charge in [-0.2, -0.15) is 0 Å². The lowest BCUT2D eigenvalue weighted by molar-refractivity contribution is 0.0644. The quantitative estimate of drug-likeness (QED) is 0.918. The van der Waals surface area contributed by atoms with Crippen LogP contribution in [-0.2, 0) is 6.42 Å². The van der Waals surface area contributed by atoms with E-state index in [1.165, 1.54) is 0 Å². The molecule has 116 valence electrons. The zero-order valence-corrected chi connectivity index (χ0v) is 13.3. The van der Waals surface area contributed by atoms with E-state index in [0.29, 0.717) is 11.4 Å². The molecule has 1 fully saturated rings. The van der Waals surface area contributed by atoms with Crippen LogP contribution >= 0.6 is 0 Å². The number of piperidine rings is 1. The van der Waals surface area contributed by atoms with Crippen molar-refractivity contribution in [2.75, 3.05) is 32.9 Å². The van der Waals surface area contributed by atoms with Crippen LogP contribution in [-0.4, -0.2) is 53.9 Å². The first-order valence-electron chi connectivity index (χ1n) is 7.73. The predicted molar refractivity (Wildman–Crippen MR) is 85.3 cm³/mol. The maximum absolute atomic E-state index is 12.7. The molecule has 0 aliphatic carbocycles. The number of nitrogens with zero attached hydrogens (tertiary/aromatic N) is 3. The molecule has 1 aliphatic rings. The fourth-order valence-corrected chi connectivity index (χ4v) is 2.94. The van der Waals surface area contributed by atoms with E-state index in [9.17, 15) is 4.79 Å². The largest absolute Gasteiger partial charge is 0.384 e. The van der Waals surface area contributed by atoms with E-state index >= 15 is 0 Å². The standard InChI is InChI=1S/C16H26N4O/c1-4-6-13-9-12(10-15(17)18-13)16(21)20(3)14-7-5-8-19(2)11-14/h9-10,14H,4-8,11H2,1-3H3,(H2,17,18). The molecule has 2 heterocycles. The van der Waals surface area contributed by atoms with Gasteiger partial charge in [0.25, 0.3) is 5.91 Å². The molecule has 0 radical (unpaired) electrons. The van der Waals surface area contributed by atoms with E-state index in [4.69, 9.17) is 5.73 Å². The summed E-state index contributed by atoms with van der Waals surface area (Å²) in [5.74, 6) is 0.472. The molecule has 0 saturated carbocycles. The van der Waals surface area contributed by atoms with Crippen LogP contribution in [0.3, 0.4) is 0 Å². The van der Waals surface area contributed by atoms with Crippen molar-refractivity contribution in [2.24, 2.45) is 0 Å². The summed E-state index contributed by atoms with van der Waals surface area (Å²) >= 11 is 0. The molecule has 1 atom stereocenters. The summed E-state index contributed by atoms with van der Waals surface area (Å²) in [7, 11) is 4.00. The monoisotopic (exact) mass is 290 g/mol. The van der Waals surface area contributed by atoms with Crippen molar-refractivity contribution >= 4 is 11.7 Å². The third kappa shape index (κ3) is 3.94. The molecule has 0 bridgehead atoms. The number of nitrogens with two attached hydrogens (primary N) is 1. The fourth-order valence-electron chi connectivity index (χ4n) is 2.94. The van der Waals surface area contributed by atoms with Gasteiger partial charge in [-0.1, -0.05) is 13.3 Å². The van der Waals surface area contributed by atoms with Crippen LogP contribution in [0.25, 0.3) is 0 Å². The molecule has 1 aliphatic heterocycles. The van der Waals surface area contributed by atoms with Crippen LogP contribution in [0.5, 0.6) is 0 Å². The summed E-state index contributed by atoms with van der Waals surface area (Å²) in [4.78, 5) is 21.1. The number of carbonyl (C=O) groups excluding carboxylic acids is 1. The Hall–Kier alpha value is -1.62. The maximum atomic E-state index is 12.7. The summed E-state index contributed by atoms with van der Waals surface area (Å²) in [6.45, 7) is 4.14. The van der Waals surface area contributed by atoms with Crippen LogP contribution in [0.15, 0.2) is 12.1 Å². The highest BCUT2D eigenvalue weighted by Gasteiger charge is 2.25. The zero-order chi connectivity index (χ0) is 15.4. The summed E-state index contributed by atoms with van der Waals surface area (Å²) in [5, 5.41) is 0. The number of amides is 1. The van der Waals surface area contributed by atoms with Gasteiger partial charge in [0.15, 0.2) is 0 Å². The Morgan fingerprint density at radius 2 is 2.29 bits per heavy atom. The van der Waals surface area contributed by atoms with Crippen molar-refractivity contribution in [1.82, 2.24) is 14.8 Å². The third-order valence-electron chi connectivity index (χ3n) is 4.12. The molecular weight excluding hydrogens is 264 g/mol. The number of rotatable bonds is 4. The van der Waals surface area contributed by atoms with Crippen LogP contribution in [0, 0.1) is 0 Å². The number of carbonyl (C=O) groups is 1. The molecule has 0 aromatic carbocycles. The van der Waals surface area contributed by atoms with Crippen molar-refractivity contribution in [3.8, 4) is 0 Å². The van der Waals surface area contributed by atoms with Gasteiger partial charge in [-0.25, -0.2) is 4.98 Å². The summed E-state index contributed by atoms with van der Waals surface area (Å²) in [5.41, 5.74) is 7.39. The molecule has 0 spiro atoms. The van der Waals surface area contributed by atoms with E-state index in [1.807, 2.05) is 18.0 Å². The molecule has 2 N–H and O–H groups in total. The Kier molecular flexibility index (Phi) is 5.17. The van der Waals surface area contributed by atoms with Gasteiger partial charge in [-0.3, -0.25) is 4.79 Å². The number of anilines is 1. The van der Waals surface area contributed by atoms with Crippen molar-refractivity contribution in [2.45, 2.75) is 38.6 Å². The first-order valence-corrected chi connectivity index (χ1v) is 7.73. The number of hydrogen-bond donors (Lipinski definition) is 1. The molecule has 5 nitrogen and oxygen atoms in total. The number of likely N-dealkylation sites (N-methyl/N-ethyl adjacent to an activating group) is 2. The minimum absolute atomic E-state index is 0.0433. The van der Waals surface area contributed by atoms with Crippen molar-refractivity contribution in [1.29, 1.82) is 0 Å². The summed E-state index contributed by atoms with van der Waals surface area (Å²) in [6.07, 6.45) is 4.04. The van der Waals surface area contributed by atoms with Crippen LogP contribution in [0.1, 0.15) is 42.2 Å². The topological polar surface area (TPSA) is 62.5 Å². The lowest BCUT2D eigenvalue weighted by Gasteiger charge is -2.36. The van der Waals surface area contributed by atoms with E-state index in [1.54, 1.807) is 6.07 Å². The highest BCUT2D eigenvalue weighted by molar-refractivity contribution is 5.95. The third-order valence-corrected chi connectivity index (χ3v) is 4.12. The summed E-state index contributed by atoms with van der Waals surface area (Å²) < 4.78 is 0. The normalized spacial score (nSPS) is 19.5. The lowest BCUT2D eigenvalue weighted by atomic mass is 10.0. The Morgan fingerprint density at radius 3 is 2.95 bits per heavy atom. The van der Waals surface area contributed by atoms with Gasteiger partial charge in [0.2, 0.25) is 0 Å². The Bertz CT molecular complexity index is 503. The average Bonchev–Trinajstić information content (AvgIpc) is 2.45. The fraction of sp³-hybridized carbons (Fsp3) is 0.625. The zero-order valence-electron chi connectivity index (χ0n) is 13.3. The highest BCUT2D eigenvalue weighted by Crippen LogP contribution is 2.17. The van der Waals surface area contributed by atoms with Gasteiger partial charge in [0.05, 0.1) is 0 Å². The van der Waals surface area contributed by atoms with Crippen molar-refractivity contribution in [3.05, 3.63) is 23.4 Å². The van der Waals surface area contributed by atoms with E-state index in [-0.39, 0.29) is 11.9 Å². The number of aromatic nitrogens is 1. The van der Waals surface area contributed by atoms with E-state index < -0.39 is 0 Å². The summed E-state index contributed by atoms with van der Waals surface area (Å²) in [6, 6.07) is 3.84. The minimum atomic E-state index is 0.0433. The first-order chi connectivity index (χ1) is 10.0. The Balaban J connectivity index is 2.14. The molecule has 5 heteroatoms. The molecule has 21 heavy (non-hydrogen) atoms. The van der Waals surface area contributed by atoms with Gasteiger partial charge < -0.3 is 15.5 Å². The van der Waals surface area contributed by atoms with Crippen LogP contribution in [0.2, 0.25) is 0 Å². The number of nitrogen functional groups attached to an aromatic ring is 1.